The van der Waals surface area contributed by atoms with E-state index >= 15 is 18.9 Å². The van der Waals surface area contributed by atoms with Crippen molar-refractivity contribution >= 4 is 46.1 Å². The number of hydrogen-bond acceptors (Lipinski definition) is 27. The van der Waals surface area contributed by atoms with Crippen molar-refractivity contribution in [1.82, 2.24) is 5.32 Å². The Morgan fingerprint density at radius 3 is 1.76 bits per heavy atom. The number of benzene rings is 6. The number of amides is 1. The number of carbonyl (C=O) groups is 5. The van der Waals surface area contributed by atoms with Crippen molar-refractivity contribution in [2.45, 2.75) is 275 Å². The lowest BCUT2D eigenvalue weighted by Crippen LogP contribution is -2.68. The maximum atomic E-state index is 16.2. The third-order valence-corrected chi connectivity index (χ3v) is 28.8. The summed E-state index contributed by atoms with van der Waals surface area (Å²) in [6.07, 6.45) is -20.9. The molecular formula is C91H117N4O26PSi. The molecule has 1 N–H and O–H groups in total. The number of fused-ring (bicyclic) bond motifs is 2. The molecule has 5 unspecified atom stereocenters. The van der Waals surface area contributed by atoms with Crippen molar-refractivity contribution < 1.29 is 122 Å². The van der Waals surface area contributed by atoms with Crippen LogP contribution < -0.4 is 5.32 Å². The average Bonchev–Trinajstić information content (AvgIpc) is 1.66. The summed E-state index contributed by atoms with van der Waals surface area (Å²) < 4.78 is 150. The van der Waals surface area contributed by atoms with E-state index in [2.05, 4.69) is 49.6 Å². The molecule has 11 rings (SSSR count). The number of azide groups is 1. The van der Waals surface area contributed by atoms with E-state index in [1.807, 2.05) is 123 Å². The fraction of sp³-hybridized carbons (Fsp3) is 0.527. The van der Waals surface area contributed by atoms with Gasteiger partial charge in [-0.15, -0.1) is 0 Å². The summed E-state index contributed by atoms with van der Waals surface area (Å²) in [7, 11) is -8.14. The zero-order valence-electron chi connectivity index (χ0n) is 71.8. The first-order chi connectivity index (χ1) is 59.1. The molecule has 666 valence electrons. The number of carbonyl (C=O) groups excluding carboxylic acids is 5. The Bertz CT molecular complexity index is 4430. The van der Waals surface area contributed by atoms with Gasteiger partial charge in [-0.2, -0.15) is 0 Å². The predicted molar refractivity (Wildman–Crippen MR) is 450 cm³/mol. The van der Waals surface area contributed by atoms with Crippen LogP contribution in [-0.2, 0) is 164 Å². The first-order valence-electron chi connectivity index (χ1n) is 42.0. The molecule has 0 bridgehead atoms. The van der Waals surface area contributed by atoms with Crippen molar-refractivity contribution in [1.29, 1.82) is 0 Å². The van der Waals surface area contributed by atoms with Gasteiger partial charge in [0, 0.05) is 17.8 Å². The highest BCUT2D eigenvalue weighted by Crippen LogP contribution is 2.56. The fourth-order valence-electron chi connectivity index (χ4n) is 14.9. The number of hydrogen-bond donors (Lipinski definition) is 1. The summed E-state index contributed by atoms with van der Waals surface area (Å²) >= 11 is 0. The lowest BCUT2D eigenvalue weighted by Gasteiger charge is -2.50. The number of nitrogens with zero attached hydrogens (tertiary/aromatic N) is 3. The van der Waals surface area contributed by atoms with Crippen molar-refractivity contribution in [3.05, 3.63) is 238 Å². The number of esters is 3. The zero-order chi connectivity index (χ0) is 87.7. The molecule has 32 heteroatoms. The largest absolute Gasteiger partial charge is 0.508 e. The lowest BCUT2D eigenvalue weighted by molar-refractivity contribution is -0.337. The highest BCUT2D eigenvalue weighted by atomic mass is 31.2. The van der Waals surface area contributed by atoms with Crippen LogP contribution in [0.25, 0.3) is 10.4 Å². The van der Waals surface area contributed by atoms with E-state index in [9.17, 15) is 15.1 Å². The van der Waals surface area contributed by atoms with E-state index in [0.29, 0.717) is 22.3 Å². The quantitative estimate of drug-likeness (QED) is 0.00543. The molecule has 4 saturated heterocycles. The molecular weight excluding hydrogens is 1620 g/mol. The van der Waals surface area contributed by atoms with Crippen molar-refractivity contribution in [2.75, 3.05) is 26.4 Å². The van der Waals surface area contributed by atoms with E-state index < -0.39 is 193 Å². The van der Waals surface area contributed by atoms with Crippen molar-refractivity contribution in [3.8, 4) is 0 Å². The molecule has 5 heterocycles. The second-order valence-corrected chi connectivity index (χ2v) is 38.9. The van der Waals surface area contributed by atoms with Crippen molar-refractivity contribution in [2.24, 2.45) is 11.0 Å². The molecule has 6 aromatic rings. The van der Waals surface area contributed by atoms with Gasteiger partial charge >= 0.3 is 31.9 Å². The zero-order valence-corrected chi connectivity index (χ0v) is 73.7. The maximum absolute atomic E-state index is 16.2. The van der Waals surface area contributed by atoms with Crippen LogP contribution in [0.2, 0.25) is 18.1 Å². The Morgan fingerprint density at radius 1 is 0.642 bits per heavy atom. The van der Waals surface area contributed by atoms with Gasteiger partial charge in [-0.3, -0.25) is 28.0 Å². The van der Waals surface area contributed by atoms with Crippen LogP contribution in [-0.4, -0.2) is 174 Å². The van der Waals surface area contributed by atoms with Gasteiger partial charge in [0.1, 0.15) is 80.2 Å². The Kier molecular flexibility index (Phi) is 34.8. The minimum absolute atomic E-state index is 0.0243. The van der Waals surface area contributed by atoms with E-state index in [0.717, 1.165) is 16.7 Å². The molecule has 30 nitrogen and oxygen atoms in total. The monoisotopic (exact) mass is 1740 g/mol. The van der Waals surface area contributed by atoms with Gasteiger partial charge in [0.2, 0.25) is 5.91 Å². The minimum atomic E-state index is -5.04. The Morgan fingerprint density at radius 2 is 1.20 bits per heavy atom. The minimum Gasteiger partial charge on any atom is -0.462 e. The number of nitrogens with one attached hydrogen (secondary N) is 1. The summed E-state index contributed by atoms with van der Waals surface area (Å²) in [5.41, 5.74) is 15.4. The van der Waals surface area contributed by atoms with E-state index in [1.165, 1.54) is 6.08 Å². The molecule has 1 amide bonds. The summed E-state index contributed by atoms with van der Waals surface area (Å²) in [4.78, 5) is 77.8. The fourth-order valence-corrected chi connectivity index (χ4v) is 18.7. The van der Waals surface area contributed by atoms with Crippen LogP contribution in [0.1, 0.15) is 140 Å². The summed E-state index contributed by atoms with van der Waals surface area (Å²) in [6, 6.07) is 49.9. The SMILES string of the molecule is C=CCOC(=O)O[C@@H]1C(N=[N+]=[N-])[C@H](O[Si](C)(C)C(C)(C)C(C)C)OC(CO[C@@H]2OC(CO[C@]3(C(=O)OCc4ccccc4)C[C@H]4OC(C)(C)O[C@H]4C([C@H](COCc4ccccc4)OCc4ccccc4)O3)[C@H](OP3(=O)OCc4ccccc4CO3)[C@H](OC(=O)C[C@H](CC)OCc3ccccc3)C2NC(=O)C[C@@H](CC)OC(=O)CC)[C@H]1OCc1ccccc1. The van der Waals surface area contributed by atoms with Gasteiger partial charge in [-0.1, -0.05) is 242 Å². The van der Waals surface area contributed by atoms with Crippen LogP contribution in [0, 0.1) is 5.92 Å². The normalized spacial score (nSPS) is 25.5. The standard InChI is InChI=1S/C91H117N4O26PSi/c1-13-46-103-88(100)116-84-78(94-95-92)86(121-123(11,12)89(7,8)60(5)6)114-72(79(84)106-53-64-40-28-20-29-41-64)58-107-85-77(93-74(96)47-69(15-3)112-75(97)16-4)83(115-76(98)48-68(14-2)104-51-62-36-24-18-25-37-62)82(120-122(101)110-55-66-44-32-33-45-67(66)56-111-122)73(113-85)59-109-91(87(99)108-54-65-42-30-21-31-43-65)49-70-80(118-90(9,10)117-70)81(119-91)71(105-52-63-38-26-19-27-39-63)57-102-50-61-34-22-17-23-35-61/h13,17-45,60,68-73,77-86H,1,14-16,46-59H2,2-12H3,(H,93,96)/t68-,69+,70+,71-,72?,73?,77?,78?,79+,80+,81?,82-,83+,84+,85+,86-,91+/m0/s1. The molecule has 0 saturated carbocycles. The molecule has 0 radical (unpaired) electrons. The van der Waals surface area contributed by atoms with Gasteiger partial charge in [-0.05, 0) is 95.2 Å². The second-order valence-electron chi connectivity index (χ2n) is 32.7. The number of ether oxygens (including phenoxy) is 16. The van der Waals surface area contributed by atoms with Crippen LogP contribution in [0.3, 0.4) is 0 Å². The molecule has 5 aliphatic heterocycles. The average molecular weight is 1740 g/mol. The van der Waals surface area contributed by atoms with Gasteiger partial charge < -0.3 is 85.5 Å². The molecule has 6 aromatic carbocycles. The number of phosphoric ester groups is 1. The highest BCUT2D eigenvalue weighted by Gasteiger charge is 2.63. The van der Waals surface area contributed by atoms with Gasteiger partial charge in [0.05, 0.1) is 84.5 Å². The van der Waals surface area contributed by atoms with E-state index in [-0.39, 0.29) is 84.6 Å². The van der Waals surface area contributed by atoms with E-state index in [4.69, 9.17) is 93.8 Å². The number of rotatable bonds is 43. The predicted octanol–water partition coefficient (Wildman–Crippen LogP) is 15.8. The van der Waals surface area contributed by atoms with Crippen LogP contribution in [0.5, 0.6) is 0 Å². The smallest absolute Gasteiger partial charge is 0.462 e. The first-order valence-corrected chi connectivity index (χ1v) is 46.4. The van der Waals surface area contributed by atoms with Crippen LogP contribution in [0.15, 0.2) is 194 Å². The van der Waals surface area contributed by atoms with Gasteiger partial charge in [0.15, 0.2) is 32.8 Å². The highest BCUT2D eigenvalue weighted by molar-refractivity contribution is 7.48. The summed E-state index contributed by atoms with van der Waals surface area (Å²) in [5.74, 6) is -7.30. The molecule has 0 aromatic heterocycles. The summed E-state index contributed by atoms with van der Waals surface area (Å²) in [6.45, 7) is 21.6. The molecule has 123 heavy (non-hydrogen) atoms. The molecule has 5 aliphatic rings. The molecule has 4 fully saturated rings. The third kappa shape index (κ3) is 26.3. The van der Waals surface area contributed by atoms with Gasteiger partial charge in [-0.25, -0.2) is 14.2 Å². The Labute approximate surface area is 720 Å². The number of phosphoric acid groups is 1. The molecule has 0 spiro atoms. The topological polar surface area (TPSA) is 348 Å². The van der Waals surface area contributed by atoms with Crippen molar-refractivity contribution in [3.63, 3.8) is 0 Å². The van der Waals surface area contributed by atoms with E-state index in [1.54, 1.807) is 100 Å². The first kappa shape index (κ1) is 95.0. The lowest BCUT2D eigenvalue weighted by atomic mass is 9.92. The van der Waals surface area contributed by atoms with Crippen LogP contribution in [0.4, 0.5) is 4.79 Å². The molecule has 17 atom stereocenters. The van der Waals surface area contributed by atoms with Gasteiger partial charge in [0.25, 0.3) is 5.79 Å². The molecule has 0 aliphatic carbocycles. The van der Waals surface area contributed by atoms with Crippen LogP contribution >= 0.6 is 7.82 Å². The summed E-state index contributed by atoms with van der Waals surface area (Å²) in [5, 5.41) is 6.71. The maximum Gasteiger partial charge on any atom is 0.508 e. The third-order valence-electron chi connectivity index (χ3n) is 22.9. The Hall–Kier alpha value is -8.63. The second kappa shape index (κ2) is 45.0. The Balaban J connectivity index is 1.08.